The predicted octanol–water partition coefficient (Wildman–Crippen LogP) is -0.761. The van der Waals surface area contributed by atoms with Crippen LogP contribution in [-0.2, 0) is 14.3 Å². The molecule has 0 aromatic heterocycles. The van der Waals surface area contributed by atoms with Crippen LogP contribution >= 0.6 is 0 Å². The third-order valence-electron chi connectivity index (χ3n) is 1.76. The monoisotopic (exact) mass is 176 g/mol. The van der Waals surface area contributed by atoms with Crippen LogP contribution in [0.1, 0.15) is 6.42 Å². The van der Waals surface area contributed by atoms with Gasteiger partial charge in [0.1, 0.15) is 5.60 Å². The summed E-state index contributed by atoms with van der Waals surface area (Å²) >= 11 is 0. The van der Waals surface area contributed by atoms with Gasteiger partial charge in [0.15, 0.2) is 0 Å². The summed E-state index contributed by atoms with van der Waals surface area (Å²) < 4.78 is 10.2. The van der Waals surface area contributed by atoms with Crippen LogP contribution < -0.4 is 0 Å². The second-order valence-corrected chi connectivity index (χ2v) is 2.81. The van der Waals surface area contributed by atoms with E-state index in [1.54, 1.807) is 0 Å². The molecular weight excluding hydrogens is 164 g/mol. The first-order chi connectivity index (χ1) is 5.68. The third-order valence-corrected chi connectivity index (χ3v) is 1.76. The van der Waals surface area contributed by atoms with Crippen LogP contribution in [0.3, 0.4) is 0 Å². The number of aliphatic carboxylic acids is 1. The number of hydrogen-bond donors (Lipinski definition) is 2. The molecule has 1 aliphatic heterocycles. The number of aliphatic hydroxyl groups is 1. The van der Waals surface area contributed by atoms with Gasteiger partial charge in [0.25, 0.3) is 0 Å². The summed E-state index contributed by atoms with van der Waals surface area (Å²) in [7, 11) is 0. The molecule has 0 spiro atoms. The Balaban J connectivity index is 2.53. The maximum Gasteiger partial charge on any atom is 0.306 e. The number of ether oxygens (including phenoxy) is 2. The first-order valence-corrected chi connectivity index (χ1v) is 3.73. The van der Waals surface area contributed by atoms with Gasteiger partial charge in [-0.3, -0.25) is 4.79 Å². The number of carboxylic acids is 1. The van der Waals surface area contributed by atoms with Gasteiger partial charge in [-0.05, 0) is 0 Å². The molecular formula is C7H12O5. The van der Waals surface area contributed by atoms with E-state index in [-0.39, 0.29) is 19.6 Å². The smallest absolute Gasteiger partial charge is 0.306 e. The van der Waals surface area contributed by atoms with Crippen molar-refractivity contribution in [3.8, 4) is 0 Å². The van der Waals surface area contributed by atoms with Crippen molar-refractivity contribution < 1.29 is 24.5 Å². The highest BCUT2D eigenvalue weighted by atomic mass is 16.6. The Morgan fingerprint density at radius 2 is 2.25 bits per heavy atom. The molecule has 0 saturated carbocycles. The molecule has 0 radical (unpaired) electrons. The maximum atomic E-state index is 10.4. The van der Waals surface area contributed by atoms with Crippen molar-refractivity contribution in [2.45, 2.75) is 12.0 Å². The molecule has 1 saturated heterocycles. The van der Waals surface area contributed by atoms with Crippen LogP contribution in [0.5, 0.6) is 0 Å². The van der Waals surface area contributed by atoms with E-state index in [0.717, 1.165) is 0 Å². The molecule has 12 heavy (non-hydrogen) atoms. The minimum atomic E-state index is -1.02. The van der Waals surface area contributed by atoms with Gasteiger partial charge in [0, 0.05) is 0 Å². The summed E-state index contributed by atoms with van der Waals surface area (Å²) in [6, 6.07) is 0. The molecule has 0 aromatic rings. The maximum absolute atomic E-state index is 10.4. The van der Waals surface area contributed by atoms with Crippen molar-refractivity contribution in [3.63, 3.8) is 0 Å². The zero-order valence-electron chi connectivity index (χ0n) is 6.65. The van der Waals surface area contributed by atoms with E-state index in [4.69, 9.17) is 19.7 Å². The highest BCUT2D eigenvalue weighted by Crippen LogP contribution is 2.19. The van der Waals surface area contributed by atoms with Crippen molar-refractivity contribution in [3.05, 3.63) is 0 Å². The summed E-state index contributed by atoms with van der Waals surface area (Å²) in [5.74, 6) is -0.991. The van der Waals surface area contributed by atoms with Gasteiger partial charge in [-0.2, -0.15) is 0 Å². The molecule has 5 heteroatoms. The number of aliphatic hydroxyl groups excluding tert-OH is 1. The third kappa shape index (κ3) is 2.17. The van der Waals surface area contributed by atoms with Crippen LogP contribution in [0.4, 0.5) is 0 Å². The Morgan fingerprint density at radius 1 is 1.50 bits per heavy atom. The Labute approximate surface area is 69.9 Å². The van der Waals surface area contributed by atoms with Crippen molar-refractivity contribution >= 4 is 5.97 Å². The molecule has 1 heterocycles. The van der Waals surface area contributed by atoms with Crippen LogP contribution in [0.15, 0.2) is 0 Å². The first kappa shape index (κ1) is 9.44. The SMILES string of the molecule is O=C(O)CC1(CO)COCCO1. The molecule has 1 atom stereocenters. The van der Waals surface area contributed by atoms with Crippen molar-refractivity contribution in [1.82, 2.24) is 0 Å². The molecule has 0 bridgehead atoms. The highest BCUT2D eigenvalue weighted by molar-refractivity contribution is 5.68. The van der Waals surface area contributed by atoms with Crippen LogP contribution in [-0.4, -0.2) is 48.2 Å². The van der Waals surface area contributed by atoms with Gasteiger partial charge in [-0.15, -0.1) is 0 Å². The highest BCUT2D eigenvalue weighted by Gasteiger charge is 2.36. The predicted molar refractivity (Wildman–Crippen MR) is 38.8 cm³/mol. The van der Waals surface area contributed by atoms with E-state index >= 15 is 0 Å². The van der Waals surface area contributed by atoms with Crippen molar-refractivity contribution in [2.24, 2.45) is 0 Å². The lowest BCUT2D eigenvalue weighted by Crippen LogP contribution is -2.47. The molecule has 1 aliphatic rings. The zero-order chi connectivity index (χ0) is 9.03. The van der Waals surface area contributed by atoms with E-state index < -0.39 is 11.6 Å². The summed E-state index contributed by atoms with van der Waals surface area (Å²) in [5.41, 5.74) is -1.02. The molecule has 0 aliphatic carbocycles. The van der Waals surface area contributed by atoms with E-state index in [1.165, 1.54) is 0 Å². The lowest BCUT2D eigenvalue weighted by atomic mass is 10.0. The fourth-order valence-electron chi connectivity index (χ4n) is 1.14. The van der Waals surface area contributed by atoms with E-state index in [0.29, 0.717) is 13.2 Å². The largest absolute Gasteiger partial charge is 0.481 e. The van der Waals surface area contributed by atoms with Crippen LogP contribution in [0.25, 0.3) is 0 Å². The van der Waals surface area contributed by atoms with Gasteiger partial charge >= 0.3 is 5.97 Å². The molecule has 1 fully saturated rings. The zero-order valence-corrected chi connectivity index (χ0v) is 6.65. The van der Waals surface area contributed by atoms with Gasteiger partial charge in [0.2, 0.25) is 0 Å². The normalized spacial score (nSPS) is 30.1. The fourth-order valence-corrected chi connectivity index (χ4v) is 1.14. The molecule has 2 N–H and O–H groups in total. The lowest BCUT2D eigenvalue weighted by Gasteiger charge is -2.33. The fraction of sp³-hybridized carbons (Fsp3) is 0.857. The van der Waals surface area contributed by atoms with Gasteiger partial charge in [-0.1, -0.05) is 0 Å². The number of carbonyl (C=O) groups is 1. The standard InChI is InChI=1S/C7H12O5/c8-4-7(3-6(9)10)5-11-1-2-12-7/h8H,1-5H2,(H,9,10). The molecule has 0 amide bonds. The second-order valence-electron chi connectivity index (χ2n) is 2.81. The number of rotatable bonds is 3. The topological polar surface area (TPSA) is 76.0 Å². The lowest BCUT2D eigenvalue weighted by molar-refractivity contribution is -0.186. The van der Waals surface area contributed by atoms with Crippen molar-refractivity contribution in [2.75, 3.05) is 26.4 Å². The van der Waals surface area contributed by atoms with Gasteiger partial charge < -0.3 is 19.7 Å². The Morgan fingerprint density at radius 3 is 2.67 bits per heavy atom. The quantitative estimate of drug-likeness (QED) is 0.591. The molecule has 70 valence electrons. The summed E-state index contributed by atoms with van der Waals surface area (Å²) in [6.07, 6.45) is -0.219. The summed E-state index contributed by atoms with van der Waals surface area (Å²) in [4.78, 5) is 10.4. The molecule has 0 aromatic carbocycles. The summed E-state index contributed by atoms with van der Waals surface area (Å²) in [6.45, 7) is 0.629. The van der Waals surface area contributed by atoms with Gasteiger partial charge in [-0.25, -0.2) is 0 Å². The Kier molecular flexibility index (Phi) is 3.02. The first-order valence-electron chi connectivity index (χ1n) is 3.73. The Bertz CT molecular complexity index is 161. The van der Waals surface area contributed by atoms with Crippen LogP contribution in [0, 0.1) is 0 Å². The molecule has 5 nitrogen and oxygen atoms in total. The minimum Gasteiger partial charge on any atom is -0.481 e. The number of hydrogen-bond acceptors (Lipinski definition) is 4. The molecule has 1 unspecified atom stereocenters. The minimum absolute atomic E-state index is 0.149. The van der Waals surface area contributed by atoms with E-state index in [1.807, 2.05) is 0 Å². The average molecular weight is 176 g/mol. The van der Waals surface area contributed by atoms with Crippen LogP contribution in [0.2, 0.25) is 0 Å². The second kappa shape index (κ2) is 3.84. The Hall–Kier alpha value is -0.650. The average Bonchev–Trinajstić information content (AvgIpc) is 2.05. The van der Waals surface area contributed by atoms with E-state index in [9.17, 15) is 4.79 Å². The number of carboxylic acid groups (broad SMARTS) is 1. The van der Waals surface area contributed by atoms with E-state index in [2.05, 4.69) is 0 Å². The summed E-state index contributed by atoms with van der Waals surface area (Å²) in [5, 5.41) is 17.4. The molecule has 1 rings (SSSR count). The van der Waals surface area contributed by atoms with Crippen molar-refractivity contribution in [1.29, 1.82) is 0 Å². The van der Waals surface area contributed by atoms with Gasteiger partial charge in [0.05, 0.1) is 32.8 Å².